The van der Waals surface area contributed by atoms with Crippen molar-refractivity contribution < 1.29 is 14.3 Å². The minimum absolute atomic E-state index is 0.0165. The lowest BCUT2D eigenvalue weighted by Crippen LogP contribution is -2.35. The lowest BCUT2D eigenvalue weighted by molar-refractivity contribution is -0.0719. The molecule has 0 aromatic heterocycles. The van der Waals surface area contributed by atoms with Gasteiger partial charge in [0.1, 0.15) is 6.10 Å². The minimum atomic E-state index is -0.434. The van der Waals surface area contributed by atoms with E-state index in [0.29, 0.717) is 25.4 Å². The van der Waals surface area contributed by atoms with E-state index in [1.165, 1.54) is 5.56 Å². The zero-order valence-corrected chi connectivity index (χ0v) is 9.66. The van der Waals surface area contributed by atoms with Crippen molar-refractivity contribution in [2.75, 3.05) is 19.8 Å². The number of benzene rings is 1. The largest absolute Gasteiger partial charge is 0.376 e. The number of ether oxygens (including phenoxy) is 2. The molecule has 86 valence electrons. The second-order valence-corrected chi connectivity index (χ2v) is 4.10. The fourth-order valence-corrected chi connectivity index (χ4v) is 1.72. The van der Waals surface area contributed by atoms with Crippen molar-refractivity contribution in [3.8, 4) is 0 Å². The van der Waals surface area contributed by atoms with Crippen LogP contribution in [0.1, 0.15) is 21.5 Å². The third kappa shape index (κ3) is 2.31. The molecule has 0 spiro atoms. The van der Waals surface area contributed by atoms with E-state index in [9.17, 15) is 4.79 Å². The molecule has 1 atom stereocenters. The van der Waals surface area contributed by atoms with Crippen LogP contribution in [-0.2, 0) is 9.47 Å². The fraction of sp³-hybridized carbons (Fsp3) is 0.462. The average Bonchev–Trinajstić information content (AvgIpc) is 2.33. The van der Waals surface area contributed by atoms with E-state index in [1.54, 1.807) is 0 Å². The first-order chi connectivity index (χ1) is 7.68. The number of hydrogen-bond donors (Lipinski definition) is 0. The molecule has 0 amide bonds. The number of aryl methyl sites for hydroxylation is 2. The zero-order chi connectivity index (χ0) is 11.5. The van der Waals surface area contributed by atoms with E-state index in [1.807, 2.05) is 32.0 Å². The number of Topliss-reactive ketones (excluding diaryl/α,β-unsaturated/α-hetero) is 1. The van der Waals surface area contributed by atoms with E-state index >= 15 is 0 Å². The second kappa shape index (κ2) is 4.76. The molecule has 3 heteroatoms. The van der Waals surface area contributed by atoms with E-state index < -0.39 is 6.10 Å². The molecule has 1 aromatic rings. The van der Waals surface area contributed by atoms with Crippen LogP contribution in [-0.4, -0.2) is 31.7 Å². The van der Waals surface area contributed by atoms with Crippen LogP contribution < -0.4 is 0 Å². The lowest BCUT2D eigenvalue weighted by Gasteiger charge is -2.21. The van der Waals surface area contributed by atoms with Crippen molar-refractivity contribution in [3.63, 3.8) is 0 Å². The molecule has 3 nitrogen and oxygen atoms in total. The molecule has 16 heavy (non-hydrogen) atoms. The Morgan fingerprint density at radius 2 is 2.06 bits per heavy atom. The monoisotopic (exact) mass is 220 g/mol. The molecule has 1 aliphatic rings. The van der Waals surface area contributed by atoms with Gasteiger partial charge in [-0.3, -0.25) is 4.79 Å². The van der Waals surface area contributed by atoms with Crippen molar-refractivity contribution in [2.24, 2.45) is 0 Å². The molecule has 2 rings (SSSR count). The molecule has 1 aromatic carbocycles. The van der Waals surface area contributed by atoms with Gasteiger partial charge in [-0.1, -0.05) is 12.1 Å². The summed E-state index contributed by atoms with van der Waals surface area (Å²) in [5.41, 5.74) is 3.03. The topological polar surface area (TPSA) is 35.5 Å². The van der Waals surface area contributed by atoms with Crippen molar-refractivity contribution in [1.29, 1.82) is 0 Å². The van der Waals surface area contributed by atoms with Crippen LogP contribution in [0.5, 0.6) is 0 Å². The van der Waals surface area contributed by atoms with Crippen LogP contribution in [0, 0.1) is 13.8 Å². The van der Waals surface area contributed by atoms with Gasteiger partial charge in [0.05, 0.1) is 19.8 Å². The Hall–Kier alpha value is -1.19. The van der Waals surface area contributed by atoms with Crippen LogP contribution >= 0.6 is 0 Å². The van der Waals surface area contributed by atoms with Crippen LogP contribution in [0.25, 0.3) is 0 Å². The number of carbonyl (C=O) groups is 1. The second-order valence-electron chi connectivity index (χ2n) is 4.10. The Morgan fingerprint density at radius 1 is 1.25 bits per heavy atom. The average molecular weight is 220 g/mol. The highest BCUT2D eigenvalue weighted by atomic mass is 16.6. The Labute approximate surface area is 95.4 Å². The quantitative estimate of drug-likeness (QED) is 0.714. The van der Waals surface area contributed by atoms with Gasteiger partial charge >= 0.3 is 0 Å². The van der Waals surface area contributed by atoms with Crippen LogP contribution in [0.15, 0.2) is 18.2 Å². The molecule has 0 aliphatic carbocycles. The van der Waals surface area contributed by atoms with E-state index in [0.717, 1.165) is 5.56 Å². The first kappa shape index (κ1) is 11.3. The van der Waals surface area contributed by atoms with E-state index in [2.05, 4.69) is 0 Å². The first-order valence-electron chi connectivity index (χ1n) is 5.49. The zero-order valence-electron chi connectivity index (χ0n) is 9.66. The number of rotatable bonds is 2. The Morgan fingerprint density at radius 3 is 2.69 bits per heavy atom. The highest BCUT2D eigenvalue weighted by molar-refractivity contribution is 5.99. The smallest absolute Gasteiger partial charge is 0.193 e. The summed E-state index contributed by atoms with van der Waals surface area (Å²) in [6.45, 7) is 5.48. The summed E-state index contributed by atoms with van der Waals surface area (Å²) in [5, 5.41) is 0. The van der Waals surface area contributed by atoms with Crippen LogP contribution in [0.2, 0.25) is 0 Å². The van der Waals surface area contributed by atoms with Crippen LogP contribution in [0.3, 0.4) is 0 Å². The third-order valence-electron chi connectivity index (χ3n) is 2.90. The van der Waals surface area contributed by atoms with Gasteiger partial charge in [-0.2, -0.15) is 0 Å². The number of ketones is 1. The predicted molar refractivity (Wildman–Crippen MR) is 60.8 cm³/mol. The molecule has 1 heterocycles. The molecule has 0 saturated carbocycles. The van der Waals surface area contributed by atoms with Gasteiger partial charge in [0.25, 0.3) is 0 Å². The van der Waals surface area contributed by atoms with E-state index in [4.69, 9.17) is 9.47 Å². The van der Waals surface area contributed by atoms with E-state index in [-0.39, 0.29) is 5.78 Å². The van der Waals surface area contributed by atoms with Crippen LogP contribution in [0.4, 0.5) is 0 Å². The summed E-state index contributed by atoms with van der Waals surface area (Å²) in [6, 6.07) is 5.73. The summed E-state index contributed by atoms with van der Waals surface area (Å²) < 4.78 is 10.6. The van der Waals surface area contributed by atoms with Crippen molar-refractivity contribution in [1.82, 2.24) is 0 Å². The van der Waals surface area contributed by atoms with Gasteiger partial charge in [-0.15, -0.1) is 0 Å². The maximum atomic E-state index is 12.1. The summed E-state index contributed by atoms with van der Waals surface area (Å²) in [6.07, 6.45) is -0.434. The molecule has 1 fully saturated rings. The van der Waals surface area contributed by atoms with Crippen molar-refractivity contribution in [3.05, 3.63) is 34.9 Å². The van der Waals surface area contributed by atoms with Gasteiger partial charge < -0.3 is 9.47 Å². The molecule has 0 bridgehead atoms. The van der Waals surface area contributed by atoms with Gasteiger partial charge in [-0.05, 0) is 31.0 Å². The highest BCUT2D eigenvalue weighted by Crippen LogP contribution is 2.14. The molecular weight excluding hydrogens is 204 g/mol. The summed E-state index contributed by atoms with van der Waals surface area (Å²) in [4.78, 5) is 12.1. The third-order valence-corrected chi connectivity index (χ3v) is 2.90. The molecular formula is C13H16O3. The Balaban J connectivity index is 2.16. The molecule has 1 saturated heterocycles. The summed E-state index contributed by atoms with van der Waals surface area (Å²) in [5.74, 6) is 0.0165. The SMILES string of the molecule is Cc1ccc(C(=O)C2COCCO2)cc1C. The molecule has 0 N–H and O–H groups in total. The van der Waals surface area contributed by atoms with Gasteiger partial charge in [0.2, 0.25) is 0 Å². The Bertz CT molecular complexity index is 392. The predicted octanol–water partition coefficient (Wildman–Crippen LogP) is 1.90. The molecule has 1 unspecified atom stereocenters. The first-order valence-corrected chi connectivity index (χ1v) is 5.49. The lowest BCUT2D eigenvalue weighted by atomic mass is 10.0. The Kier molecular flexibility index (Phi) is 3.36. The fourth-order valence-electron chi connectivity index (χ4n) is 1.72. The number of carbonyl (C=O) groups excluding carboxylic acids is 1. The highest BCUT2D eigenvalue weighted by Gasteiger charge is 2.23. The summed E-state index contributed by atoms with van der Waals surface area (Å²) >= 11 is 0. The minimum Gasteiger partial charge on any atom is -0.376 e. The molecule has 1 aliphatic heterocycles. The van der Waals surface area contributed by atoms with Crippen molar-refractivity contribution >= 4 is 5.78 Å². The molecule has 0 radical (unpaired) electrons. The normalized spacial score (nSPS) is 20.8. The maximum absolute atomic E-state index is 12.1. The van der Waals surface area contributed by atoms with Crippen molar-refractivity contribution in [2.45, 2.75) is 20.0 Å². The van der Waals surface area contributed by atoms with Gasteiger partial charge in [0, 0.05) is 5.56 Å². The number of hydrogen-bond acceptors (Lipinski definition) is 3. The van der Waals surface area contributed by atoms with Gasteiger partial charge in [0.15, 0.2) is 5.78 Å². The standard InChI is InChI=1S/C13H16O3/c1-9-3-4-11(7-10(9)2)13(14)12-8-15-5-6-16-12/h3-4,7,12H,5-6,8H2,1-2H3. The summed E-state index contributed by atoms with van der Waals surface area (Å²) in [7, 11) is 0. The van der Waals surface area contributed by atoms with Gasteiger partial charge in [-0.25, -0.2) is 0 Å². The maximum Gasteiger partial charge on any atom is 0.193 e.